The normalized spacial score (nSPS) is 11.4. The summed E-state index contributed by atoms with van der Waals surface area (Å²) in [4.78, 5) is 32.0. The monoisotopic (exact) mass is 327 g/mol. The number of hydrogen-bond donors (Lipinski definition) is 1. The molecule has 0 bridgehead atoms. The molecule has 1 aromatic rings. The smallest absolute Gasteiger partial charge is 0.359 e. The quantitative estimate of drug-likeness (QED) is 0.658. The fourth-order valence-corrected chi connectivity index (χ4v) is 1.37. The first-order chi connectivity index (χ1) is 9.98. The van der Waals surface area contributed by atoms with Crippen LogP contribution in [0, 0.1) is 0 Å². The molecule has 8 heteroatoms. The Morgan fingerprint density at radius 1 is 1.00 bits per heavy atom. The second-order valence-electron chi connectivity index (χ2n) is 6.61. The van der Waals surface area contributed by atoms with Gasteiger partial charge in [-0.05, 0) is 41.5 Å². The molecular formula is C15H25N3O5. The Kier molecular flexibility index (Phi) is 7.11. The molecule has 8 nitrogen and oxygen atoms in total. The molecule has 1 rings (SSSR count). The van der Waals surface area contributed by atoms with Crippen molar-refractivity contribution in [3.63, 3.8) is 0 Å². The molecule has 0 aliphatic carbocycles. The number of aromatic nitrogens is 2. The molecule has 0 atom stereocenters. The van der Waals surface area contributed by atoms with Gasteiger partial charge in [-0.2, -0.15) is 0 Å². The Morgan fingerprint density at radius 3 is 1.83 bits per heavy atom. The molecule has 23 heavy (non-hydrogen) atoms. The van der Waals surface area contributed by atoms with E-state index in [2.05, 4.69) is 9.97 Å². The van der Waals surface area contributed by atoms with Crippen molar-refractivity contribution in [2.24, 2.45) is 0 Å². The predicted octanol–water partition coefficient (Wildman–Crippen LogP) is 2.07. The number of carbonyl (C=O) groups excluding carboxylic acids is 2. The second kappa shape index (κ2) is 7.87. The summed E-state index contributed by atoms with van der Waals surface area (Å²) in [5.41, 5.74) is -1.52. The number of esters is 2. The lowest BCUT2D eigenvalue weighted by Gasteiger charge is -2.26. The summed E-state index contributed by atoms with van der Waals surface area (Å²) < 4.78 is 15.7. The minimum absolute atomic E-state index is 0. The third-order valence-corrected chi connectivity index (χ3v) is 2.04. The molecule has 130 valence electrons. The molecule has 0 spiro atoms. The zero-order chi connectivity index (χ0) is 17.0. The van der Waals surface area contributed by atoms with Crippen LogP contribution in [-0.2, 0) is 19.1 Å². The van der Waals surface area contributed by atoms with Gasteiger partial charge in [-0.1, -0.05) is 0 Å². The first-order valence-corrected chi connectivity index (χ1v) is 6.86. The molecule has 0 aliphatic rings. The molecule has 1 heterocycles. The molecule has 0 amide bonds. The van der Waals surface area contributed by atoms with Crippen LogP contribution in [0.15, 0.2) is 18.6 Å². The van der Waals surface area contributed by atoms with E-state index in [1.165, 1.54) is 18.6 Å². The van der Waals surface area contributed by atoms with E-state index < -0.39 is 29.2 Å². The minimum atomic E-state index is -1.55. The van der Waals surface area contributed by atoms with Crippen LogP contribution in [0.4, 0.5) is 0 Å². The number of nitrogens with zero attached hydrogens (tertiary/aromatic N) is 2. The lowest BCUT2D eigenvalue weighted by atomic mass is 10.2. The van der Waals surface area contributed by atoms with Crippen LogP contribution in [0.1, 0.15) is 41.5 Å². The molecule has 0 saturated carbocycles. The Hall–Kier alpha value is -2.22. The highest BCUT2D eigenvalue weighted by atomic mass is 16.6. The van der Waals surface area contributed by atoms with Crippen molar-refractivity contribution >= 4 is 11.9 Å². The maximum absolute atomic E-state index is 12.2. The number of ether oxygens (including phenoxy) is 3. The lowest BCUT2D eigenvalue weighted by molar-refractivity contribution is -0.179. The third-order valence-electron chi connectivity index (χ3n) is 2.04. The van der Waals surface area contributed by atoms with Gasteiger partial charge >= 0.3 is 11.9 Å². The third kappa shape index (κ3) is 8.10. The standard InChI is InChI=1S/C15H22N2O5.H3N/c1-14(2,3)21-12(18)11(13(19)22-15(4,5)6)20-10-7-8-16-9-17-10;/h7-9,11H,1-6H3;1H3. The van der Waals surface area contributed by atoms with Crippen LogP contribution in [0.5, 0.6) is 5.88 Å². The molecule has 0 aliphatic heterocycles. The summed E-state index contributed by atoms with van der Waals surface area (Å²) in [7, 11) is 0. The van der Waals surface area contributed by atoms with E-state index in [1.54, 1.807) is 41.5 Å². The van der Waals surface area contributed by atoms with Crippen LogP contribution >= 0.6 is 0 Å². The predicted molar refractivity (Wildman–Crippen MR) is 83.2 cm³/mol. The van der Waals surface area contributed by atoms with Gasteiger partial charge in [0.15, 0.2) is 0 Å². The molecule has 0 unspecified atom stereocenters. The number of rotatable bonds is 4. The summed E-state index contributed by atoms with van der Waals surface area (Å²) in [5.74, 6) is -1.59. The van der Waals surface area contributed by atoms with Crippen molar-refractivity contribution in [1.29, 1.82) is 0 Å². The van der Waals surface area contributed by atoms with Crippen LogP contribution in [-0.4, -0.2) is 39.2 Å². The minimum Gasteiger partial charge on any atom is -0.457 e. The molecule has 0 radical (unpaired) electrons. The van der Waals surface area contributed by atoms with Crippen molar-refractivity contribution in [1.82, 2.24) is 16.1 Å². The van der Waals surface area contributed by atoms with Gasteiger partial charge in [-0.25, -0.2) is 19.6 Å². The van der Waals surface area contributed by atoms with E-state index in [0.717, 1.165) is 0 Å². The van der Waals surface area contributed by atoms with Crippen molar-refractivity contribution in [2.45, 2.75) is 58.8 Å². The summed E-state index contributed by atoms with van der Waals surface area (Å²) in [5, 5.41) is 0. The average molecular weight is 327 g/mol. The van der Waals surface area contributed by atoms with E-state index in [9.17, 15) is 9.59 Å². The molecule has 0 fully saturated rings. The fraction of sp³-hybridized carbons (Fsp3) is 0.600. The van der Waals surface area contributed by atoms with E-state index in [-0.39, 0.29) is 12.0 Å². The van der Waals surface area contributed by atoms with Crippen LogP contribution in [0.3, 0.4) is 0 Å². The van der Waals surface area contributed by atoms with Gasteiger partial charge in [0.05, 0.1) is 0 Å². The van der Waals surface area contributed by atoms with Crippen molar-refractivity contribution in [3.8, 4) is 5.88 Å². The maximum Gasteiger partial charge on any atom is 0.359 e. The van der Waals surface area contributed by atoms with Gasteiger partial charge in [-0.15, -0.1) is 0 Å². The molecular weight excluding hydrogens is 302 g/mol. The SMILES string of the molecule is CC(C)(C)OC(=O)C(Oc1ccncn1)C(=O)OC(C)(C)C.N. The van der Waals surface area contributed by atoms with E-state index in [1.807, 2.05) is 0 Å². The second-order valence-corrected chi connectivity index (χ2v) is 6.61. The Labute approximate surface area is 136 Å². The summed E-state index contributed by atoms with van der Waals surface area (Å²) in [6.07, 6.45) is 1.13. The van der Waals surface area contributed by atoms with Crippen LogP contribution in [0.25, 0.3) is 0 Å². The summed E-state index contributed by atoms with van der Waals surface area (Å²) >= 11 is 0. The highest BCUT2D eigenvalue weighted by molar-refractivity contribution is 5.98. The molecule has 0 saturated heterocycles. The molecule has 0 aromatic carbocycles. The molecule has 3 N–H and O–H groups in total. The average Bonchev–Trinajstić information content (AvgIpc) is 2.32. The maximum atomic E-state index is 12.2. The summed E-state index contributed by atoms with van der Waals surface area (Å²) in [6.45, 7) is 10.2. The van der Waals surface area contributed by atoms with E-state index >= 15 is 0 Å². The largest absolute Gasteiger partial charge is 0.457 e. The Bertz CT molecular complexity index is 492. The Morgan fingerprint density at radius 2 is 1.48 bits per heavy atom. The van der Waals surface area contributed by atoms with Gasteiger partial charge in [0.1, 0.15) is 17.5 Å². The fourth-order valence-electron chi connectivity index (χ4n) is 1.37. The van der Waals surface area contributed by atoms with Gasteiger partial charge in [-0.3, -0.25) is 0 Å². The van der Waals surface area contributed by atoms with Crippen molar-refractivity contribution in [2.75, 3.05) is 0 Å². The first-order valence-electron chi connectivity index (χ1n) is 6.86. The van der Waals surface area contributed by atoms with Crippen molar-refractivity contribution < 1.29 is 23.8 Å². The van der Waals surface area contributed by atoms with Crippen LogP contribution in [0.2, 0.25) is 0 Å². The Balaban J connectivity index is 0.00000484. The number of hydrogen-bond acceptors (Lipinski definition) is 8. The van der Waals surface area contributed by atoms with E-state index in [0.29, 0.717) is 0 Å². The highest BCUT2D eigenvalue weighted by Gasteiger charge is 2.37. The zero-order valence-electron chi connectivity index (χ0n) is 14.5. The lowest BCUT2D eigenvalue weighted by Crippen LogP contribution is -2.44. The van der Waals surface area contributed by atoms with Crippen LogP contribution < -0.4 is 10.9 Å². The first kappa shape index (κ1) is 20.8. The molecule has 1 aromatic heterocycles. The van der Waals surface area contributed by atoms with Gasteiger partial charge in [0.2, 0.25) is 5.88 Å². The van der Waals surface area contributed by atoms with E-state index in [4.69, 9.17) is 14.2 Å². The van der Waals surface area contributed by atoms with Gasteiger partial charge in [0, 0.05) is 12.3 Å². The van der Waals surface area contributed by atoms with Gasteiger partial charge < -0.3 is 20.4 Å². The number of carbonyl (C=O) groups is 2. The highest BCUT2D eigenvalue weighted by Crippen LogP contribution is 2.16. The summed E-state index contributed by atoms with van der Waals surface area (Å²) in [6, 6.07) is 1.43. The van der Waals surface area contributed by atoms with Gasteiger partial charge in [0.25, 0.3) is 6.10 Å². The van der Waals surface area contributed by atoms with Crippen molar-refractivity contribution in [3.05, 3.63) is 18.6 Å². The topological polar surface area (TPSA) is 123 Å². The zero-order valence-corrected chi connectivity index (χ0v) is 14.5.